The predicted octanol–water partition coefficient (Wildman–Crippen LogP) is 0.551. The molecule has 1 aromatic rings. The van der Waals surface area contributed by atoms with Gasteiger partial charge in [-0.15, -0.1) is 10.2 Å². The fourth-order valence-corrected chi connectivity index (χ4v) is 2.82. The molecule has 116 valence electrons. The Labute approximate surface area is 119 Å². The molecule has 21 heavy (non-hydrogen) atoms. The van der Waals surface area contributed by atoms with E-state index in [1.807, 2.05) is 4.57 Å². The molecule has 2 aliphatic rings. The lowest BCUT2D eigenvalue weighted by atomic mass is 9.93. The van der Waals surface area contributed by atoms with Crippen molar-refractivity contribution in [2.45, 2.75) is 38.1 Å². The molecule has 9 heteroatoms. The summed E-state index contributed by atoms with van der Waals surface area (Å²) in [5.41, 5.74) is 0. The van der Waals surface area contributed by atoms with Crippen LogP contribution in [-0.2, 0) is 17.9 Å². The second-order valence-electron chi connectivity index (χ2n) is 5.48. The van der Waals surface area contributed by atoms with Crippen LogP contribution in [0.2, 0.25) is 0 Å². The molecule has 0 radical (unpaired) electrons. The third-order valence-electron chi connectivity index (χ3n) is 4.13. The van der Waals surface area contributed by atoms with Gasteiger partial charge >= 0.3 is 6.18 Å². The van der Waals surface area contributed by atoms with Crippen LogP contribution in [0.1, 0.15) is 18.7 Å². The number of aromatic nitrogens is 3. The van der Waals surface area contributed by atoms with Gasteiger partial charge in [0.05, 0.1) is 18.5 Å². The molecule has 3 rings (SSSR count). The van der Waals surface area contributed by atoms with Gasteiger partial charge in [0.15, 0.2) is 5.82 Å². The van der Waals surface area contributed by atoms with Crippen LogP contribution in [0, 0.1) is 5.92 Å². The number of hydrogen-bond acceptors (Lipinski definition) is 4. The second kappa shape index (κ2) is 5.28. The highest BCUT2D eigenvalue weighted by Gasteiger charge is 2.43. The van der Waals surface area contributed by atoms with Crippen LogP contribution in [0.5, 0.6) is 0 Å². The van der Waals surface area contributed by atoms with E-state index in [0.717, 1.165) is 0 Å². The molecule has 0 spiro atoms. The summed E-state index contributed by atoms with van der Waals surface area (Å²) in [4.78, 5) is 14.0. The molecular weight excluding hydrogens is 287 g/mol. The molecule has 6 nitrogen and oxygen atoms in total. The number of amides is 1. The molecule has 0 saturated carbocycles. The Morgan fingerprint density at radius 3 is 2.81 bits per heavy atom. The highest BCUT2D eigenvalue weighted by atomic mass is 19.4. The van der Waals surface area contributed by atoms with Crippen molar-refractivity contribution in [3.63, 3.8) is 0 Å². The number of nitrogens with one attached hydrogen (secondary N) is 1. The zero-order chi connectivity index (χ0) is 15.0. The standard InChI is InChI=1S/C12H16F3N5O/c13-12(14,15)8-1-2-9(16-5-8)11(21)19-3-4-20-7-17-18-10(20)6-19/h7-9,16H,1-6H2. The fraction of sp³-hybridized carbons (Fsp3) is 0.750. The minimum Gasteiger partial charge on any atom is -0.332 e. The smallest absolute Gasteiger partial charge is 0.332 e. The van der Waals surface area contributed by atoms with E-state index in [1.54, 1.807) is 11.2 Å². The Morgan fingerprint density at radius 1 is 1.33 bits per heavy atom. The van der Waals surface area contributed by atoms with Crippen LogP contribution < -0.4 is 5.32 Å². The number of rotatable bonds is 1. The van der Waals surface area contributed by atoms with Gasteiger partial charge in [0.1, 0.15) is 6.33 Å². The van der Waals surface area contributed by atoms with Crippen molar-refractivity contribution < 1.29 is 18.0 Å². The van der Waals surface area contributed by atoms with Crippen molar-refractivity contribution in [1.29, 1.82) is 0 Å². The maximum Gasteiger partial charge on any atom is 0.393 e. The van der Waals surface area contributed by atoms with E-state index >= 15 is 0 Å². The van der Waals surface area contributed by atoms with Crippen molar-refractivity contribution >= 4 is 5.91 Å². The van der Waals surface area contributed by atoms with Crippen LogP contribution >= 0.6 is 0 Å². The molecule has 1 saturated heterocycles. The SMILES string of the molecule is O=C(C1CCC(C(F)(F)F)CN1)N1CCn2cnnc2C1. The first-order valence-electron chi connectivity index (χ1n) is 6.90. The highest BCUT2D eigenvalue weighted by Crippen LogP contribution is 2.32. The molecule has 1 amide bonds. The molecule has 0 aromatic carbocycles. The summed E-state index contributed by atoms with van der Waals surface area (Å²) < 4.78 is 39.7. The van der Waals surface area contributed by atoms with Crippen LogP contribution in [0.3, 0.4) is 0 Å². The Balaban J connectivity index is 1.58. The van der Waals surface area contributed by atoms with Crippen LogP contribution in [0.4, 0.5) is 13.2 Å². The lowest BCUT2D eigenvalue weighted by Gasteiger charge is -2.35. The van der Waals surface area contributed by atoms with E-state index in [9.17, 15) is 18.0 Å². The van der Waals surface area contributed by atoms with Crippen LogP contribution in [0.15, 0.2) is 6.33 Å². The molecule has 2 atom stereocenters. The number of carbonyl (C=O) groups excluding carboxylic acids is 1. The number of alkyl halides is 3. The first-order valence-corrected chi connectivity index (χ1v) is 6.90. The van der Waals surface area contributed by atoms with Crippen molar-refractivity contribution in [3.8, 4) is 0 Å². The lowest BCUT2D eigenvalue weighted by Crippen LogP contribution is -2.53. The molecular formula is C12H16F3N5O. The monoisotopic (exact) mass is 303 g/mol. The molecule has 2 aliphatic heterocycles. The topological polar surface area (TPSA) is 63.1 Å². The Bertz CT molecular complexity index is 521. The van der Waals surface area contributed by atoms with Gasteiger partial charge in [-0.1, -0.05) is 0 Å². The summed E-state index contributed by atoms with van der Waals surface area (Å²) in [7, 11) is 0. The third kappa shape index (κ3) is 2.87. The van der Waals surface area contributed by atoms with Gasteiger partial charge in [0.25, 0.3) is 0 Å². The molecule has 3 heterocycles. The first-order chi connectivity index (χ1) is 9.95. The minimum atomic E-state index is -4.19. The van der Waals surface area contributed by atoms with Crippen molar-refractivity contribution in [2.75, 3.05) is 13.1 Å². The Morgan fingerprint density at radius 2 is 2.14 bits per heavy atom. The van der Waals surface area contributed by atoms with Crippen molar-refractivity contribution in [2.24, 2.45) is 5.92 Å². The Kier molecular flexibility index (Phi) is 3.60. The van der Waals surface area contributed by atoms with Gasteiger partial charge in [-0.05, 0) is 12.8 Å². The number of nitrogens with zero attached hydrogens (tertiary/aromatic N) is 4. The largest absolute Gasteiger partial charge is 0.393 e. The zero-order valence-electron chi connectivity index (χ0n) is 11.3. The molecule has 1 aromatic heterocycles. The molecule has 0 aliphatic carbocycles. The number of fused-ring (bicyclic) bond motifs is 1. The summed E-state index contributed by atoms with van der Waals surface area (Å²) in [6.45, 7) is 1.32. The average Bonchev–Trinajstić information content (AvgIpc) is 2.93. The van der Waals surface area contributed by atoms with E-state index in [0.29, 0.717) is 25.5 Å². The molecule has 2 unspecified atom stereocenters. The van der Waals surface area contributed by atoms with E-state index in [4.69, 9.17) is 0 Å². The summed E-state index contributed by atoms with van der Waals surface area (Å²) >= 11 is 0. The maximum absolute atomic E-state index is 12.6. The first kappa shape index (κ1) is 14.3. The predicted molar refractivity (Wildman–Crippen MR) is 66.0 cm³/mol. The zero-order valence-corrected chi connectivity index (χ0v) is 11.3. The van der Waals surface area contributed by atoms with Gasteiger partial charge in [-0.2, -0.15) is 13.2 Å². The van der Waals surface area contributed by atoms with Crippen molar-refractivity contribution in [3.05, 3.63) is 12.2 Å². The van der Waals surface area contributed by atoms with Gasteiger partial charge in [0.2, 0.25) is 5.91 Å². The van der Waals surface area contributed by atoms with E-state index in [2.05, 4.69) is 15.5 Å². The van der Waals surface area contributed by atoms with Crippen LogP contribution in [0.25, 0.3) is 0 Å². The fourth-order valence-electron chi connectivity index (χ4n) is 2.82. The normalized spacial score (nSPS) is 26.5. The molecule has 0 bridgehead atoms. The summed E-state index contributed by atoms with van der Waals surface area (Å²) in [5, 5.41) is 10.4. The quantitative estimate of drug-likeness (QED) is 0.823. The van der Waals surface area contributed by atoms with E-state index in [-0.39, 0.29) is 25.3 Å². The number of piperidine rings is 1. The average molecular weight is 303 g/mol. The summed E-state index contributed by atoms with van der Waals surface area (Å²) in [6, 6.07) is -0.530. The molecule has 1 fully saturated rings. The van der Waals surface area contributed by atoms with Gasteiger partial charge < -0.3 is 14.8 Å². The highest BCUT2D eigenvalue weighted by molar-refractivity contribution is 5.82. The van der Waals surface area contributed by atoms with Gasteiger partial charge in [0, 0.05) is 19.6 Å². The minimum absolute atomic E-state index is 0.00305. The van der Waals surface area contributed by atoms with Gasteiger partial charge in [-0.25, -0.2) is 0 Å². The number of halogens is 3. The second-order valence-corrected chi connectivity index (χ2v) is 5.48. The lowest BCUT2D eigenvalue weighted by molar-refractivity contribution is -0.180. The number of hydrogen-bond donors (Lipinski definition) is 1. The van der Waals surface area contributed by atoms with E-state index < -0.39 is 18.1 Å². The number of carbonyl (C=O) groups is 1. The molecule has 1 N–H and O–H groups in total. The maximum atomic E-state index is 12.6. The summed E-state index contributed by atoms with van der Waals surface area (Å²) in [5.74, 6) is -0.797. The Hall–Kier alpha value is -1.64. The van der Waals surface area contributed by atoms with Gasteiger partial charge in [-0.3, -0.25) is 4.79 Å². The summed E-state index contributed by atoms with van der Waals surface area (Å²) in [6.07, 6.45) is -2.37. The van der Waals surface area contributed by atoms with E-state index in [1.165, 1.54) is 0 Å². The van der Waals surface area contributed by atoms with Crippen LogP contribution in [-0.4, -0.2) is 50.9 Å². The third-order valence-corrected chi connectivity index (χ3v) is 4.13. The van der Waals surface area contributed by atoms with Crippen molar-refractivity contribution in [1.82, 2.24) is 25.0 Å².